The number of hydrogen-bond acceptors (Lipinski definition) is 1. The van der Waals surface area contributed by atoms with Gasteiger partial charge in [-0.3, -0.25) is 0 Å². The van der Waals surface area contributed by atoms with Crippen LogP contribution in [0.4, 0.5) is 13.2 Å². The lowest BCUT2D eigenvalue weighted by molar-refractivity contribution is 0.307. The summed E-state index contributed by atoms with van der Waals surface area (Å²) in [7, 11) is 0. The van der Waals surface area contributed by atoms with Gasteiger partial charge in [0.2, 0.25) is 0 Å². The fourth-order valence-corrected chi connectivity index (χ4v) is 4.67. The second kappa shape index (κ2) is 11.4. The average Bonchev–Trinajstić information content (AvgIpc) is 2.87. The molecule has 0 aromatic heterocycles. The van der Waals surface area contributed by atoms with E-state index in [4.69, 9.17) is 4.74 Å². The third-order valence-corrected chi connectivity index (χ3v) is 6.80. The highest BCUT2D eigenvalue weighted by molar-refractivity contribution is 5.67. The van der Waals surface area contributed by atoms with Crippen molar-refractivity contribution < 1.29 is 17.9 Å². The van der Waals surface area contributed by atoms with E-state index in [-0.39, 0.29) is 28.6 Å². The molecule has 1 aliphatic carbocycles. The van der Waals surface area contributed by atoms with Gasteiger partial charge in [-0.1, -0.05) is 66.3 Å². The summed E-state index contributed by atoms with van der Waals surface area (Å²) in [4.78, 5) is 0. The van der Waals surface area contributed by atoms with Gasteiger partial charge in [0.1, 0.15) is 0 Å². The van der Waals surface area contributed by atoms with E-state index in [0.29, 0.717) is 24.5 Å². The van der Waals surface area contributed by atoms with Crippen LogP contribution >= 0.6 is 0 Å². The zero-order valence-corrected chi connectivity index (χ0v) is 20.1. The first-order chi connectivity index (χ1) is 17.0. The molecule has 1 fully saturated rings. The fraction of sp³-hybridized carbons (Fsp3) is 0.290. The van der Waals surface area contributed by atoms with Crippen LogP contribution in [0.25, 0.3) is 17.2 Å². The average molecular weight is 477 g/mol. The first-order valence-corrected chi connectivity index (χ1v) is 12.2. The van der Waals surface area contributed by atoms with Gasteiger partial charge >= 0.3 is 0 Å². The van der Waals surface area contributed by atoms with Crippen LogP contribution < -0.4 is 4.74 Å². The van der Waals surface area contributed by atoms with Gasteiger partial charge in [-0.05, 0) is 74.1 Å². The van der Waals surface area contributed by atoms with E-state index in [1.54, 1.807) is 48.6 Å². The van der Waals surface area contributed by atoms with E-state index in [9.17, 15) is 13.2 Å². The van der Waals surface area contributed by atoms with Crippen molar-refractivity contribution in [2.24, 2.45) is 5.92 Å². The van der Waals surface area contributed by atoms with E-state index < -0.39 is 11.6 Å². The van der Waals surface area contributed by atoms with Gasteiger partial charge in [-0.15, -0.1) is 6.58 Å². The van der Waals surface area contributed by atoms with Gasteiger partial charge in [0, 0.05) is 11.1 Å². The second-order valence-electron chi connectivity index (χ2n) is 9.28. The third kappa shape index (κ3) is 6.05. The van der Waals surface area contributed by atoms with Crippen LogP contribution in [-0.2, 0) is 0 Å². The van der Waals surface area contributed by atoms with Crippen LogP contribution in [0.5, 0.6) is 5.75 Å². The molecule has 182 valence electrons. The molecule has 0 amide bonds. The molecular weight excluding hydrogens is 445 g/mol. The Morgan fingerprint density at radius 1 is 0.914 bits per heavy atom. The molecule has 4 heteroatoms. The molecule has 0 radical (unpaired) electrons. The number of ether oxygens (including phenoxy) is 1. The molecular formula is C31H31F3O. The Kier molecular flexibility index (Phi) is 8.12. The number of halogens is 3. The summed E-state index contributed by atoms with van der Waals surface area (Å²) < 4.78 is 49.4. The van der Waals surface area contributed by atoms with Crippen LogP contribution in [-0.4, -0.2) is 6.61 Å². The lowest BCUT2D eigenvalue weighted by Crippen LogP contribution is -2.12. The zero-order valence-electron chi connectivity index (χ0n) is 20.1. The van der Waals surface area contributed by atoms with E-state index in [1.165, 1.54) is 0 Å². The van der Waals surface area contributed by atoms with Gasteiger partial charge in [0.05, 0.1) is 6.61 Å². The van der Waals surface area contributed by atoms with Gasteiger partial charge in [0.25, 0.3) is 0 Å². The molecule has 0 saturated heterocycles. The topological polar surface area (TPSA) is 9.23 Å². The van der Waals surface area contributed by atoms with Crippen molar-refractivity contribution >= 4 is 6.08 Å². The van der Waals surface area contributed by atoms with Crippen molar-refractivity contribution in [1.82, 2.24) is 0 Å². The maximum absolute atomic E-state index is 14.8. The standard InChI is InChI=1S/C31H31F3O/c1-3-4-19-35-29-18-16-26(20-28(29)32)23-12-7-22(8-13-23)9-14-25-15-17-27(31(34)30(25)33)24-10-5-21(2)6-11-24/h3,5-6,9-11,14-18,20,22-23H,1,4,7-8,12-13,19H2,2H3/b14-9+. The lowest BCUT2D eigenvalue weighted by Gasteiger charge is -2.27. The van der Waals surface area contributed by atoms with Crippen LogP contribution in [0, 0.1) is 30.3 Å². The van der Waals surface area contributed by atoms with Crippen molar-refractivity contribution in [3.8, 4) is 16.9 Å². The number of hydrogen-bond donors (Lipinski definition) is 0. The summed E-state index contributed by atoms with van der Waals surface area (Å²) in [5.41, 5.74) is 3.24. The summed E-state index contributed by atoms with van der Waals surface area (Å²) in [6, 6.07) is 15.9. The second-order valence-corrected chi connectivity index (χ2v) is 9.28. The molecule has 1 saturated carbocycles. The maximum Gasteiger partial charge on any atom is 0.167 e. The molecule has 3 aromatic rings. The quantitative estimate of drug-likeness (QED) is 0.233. The summed E-state index contributed by atoms with van der Waals surface area (Å²) >= 11 is 0. The third-order valence-electron chi connectivity index (χ3n) is 6.80. The minimum atomic E-state index is -0.821. The van der Waals surface area contributed by atoms with E-state index in [0.717, 1.165) is 36.8 Å². The number of benzene rings is 3. The van der Waals surface area contributed by atoms with Gasteiger partial charge in [0.15, 0.2) is 23.2 Å². The minimum absolute atomic E-state index is 0.259. The summed E-state index contributed by atoms with van der Waals surface area (Å²) in [6.07, 6.45) is 9.78. The molecule has 4 rings (SSSR count). The Hall–Kier alpha value is -3.27. The maximum atomic E-state index is 14.8. The van der Waals surface area contributed by atoms with Crippen molar-refractivity contribution in [1.29, 1.82) is 0 Å². The van der Waals surface area contributed by atoms with Crippen molar-refractivity contribution in [3.05, 3.63) is 107 Å². The molecule has 0 atom stereocenters. The molecule has 35 heavy (non-hydrogen) atoms. The molecule has 0 spiro atoms. The summed E-state index contributed by atoms with van der Waals surface area (Å²) in [6.45, 7) is 6.01. The smallest absolute Gasteiger partial charge is 0.167 e. The SMILES string of the molecule is C=CCCOc1ccc(C2CCC(/C=C/c3ccc(-c4ccc(C)cc4)c(F)c3F)CC2)cc1F. The van der Waals surface area contributed by atoms with Crippen molar-refractivity contribution in [2.75, 3.05) is 6.61 Å². The first-order valence-electron chi connectivity index (χ1n) is 12.2. The zero-order chi connectivity index (χ0) is 24.8. The highest BCUT2D eigenvalue weighted by Gasteiger charge is 2.22. The van der Waals surface area contributed by atoms with Gasteiger partial charge < -0.3 is 4.74 Å². The fourth-order valence-electron chi connectivity index (χ4n) is 4.67. The molecule has 3 aromatic carbocycles. The van der Waals surface area contributed by atoms with Gasteiger partial charge in [-0.2, -0.15) is 0 Å². The highest BCUT2D eigenvalue weighted by atomic mass is 19.2. The molecule has 1 aliphatic rings. The number of aryl methyl sites for hydroxylation is 1. The summed E-state index contributed by atoms with van der Waals surface area (Å²) in [5.74, 6) is -1.12. The van der Waals surface area contributed by atoms with E-state index >= 15 is 0 Å². The monoisotopic (exact) mass is 476 g/mol. The Bertz CT molecular complexity index is 1190. The Labute approximate surface area is 206 Å². The predicted octanol–water partition coefficient (Wildman–Crippen LogP) is 9.02. The first kappa shape index (κ1) is 24.8. The molecule has 0 heterocycles. The summed E-state index contributed by atoms with van der Waals surface area (Å²) in [5, 5.41) is 0. The lowest BCUT2D eigenvalue weighted by atomic mass is 9.78. The Morgan fingerprint density at radius 3 is 2.34 bits per heavy atom. The Balaban J connectivity index is 1.36. The van der Waals surface area contributed by atoms with Gasteiger partial charge in [-0.25, -0.2) is 13.2 Å². The predicted molar refractivity (Wildman–Crippen MR) is 137 cm³/mol. The molecule has 1 nitrogen and oxygen atoms in total. The number of allylic oxidation sites excluding steroid dienone is 1. The van der Waals surface area contributed by atoms with Crippen LogP contribution in [0.2, 0.25) is 0 Å². The molecule has 0 unspecified atom stereocenters. The largest absolute Gasteiger partial charge is 0.490 e. The highest BCUT2D eigenvalue weighted by Crippen LogP contribution is 2.38. The van der Waals surface area contributed by atoms with E-state index in [2.05, 4.69) is 6.58 Å². The number of rotatable bonds is 8. The van der Waals surface area contributed by atoms with Crippen LogP contribution in [0.15, 0.2) is 73.3 Å². The minimum Gasteiger partial charge on any atom is -0.490 e. The van der Waals surface area contributed by atoms with Crippen molar-refractivity contribution in [3.63, 3.8) is 0 Å². The van der Waals surface area contributed by atoms with Crippen molar-refractivity contribution in [2.45, 2.75) is 44.9 Å². The Morgan fingerprint density at radius 2 is 1.66 bits per heavy atom. The molecule has 0 aliphatic heterocycles. The molecule has 0 bridgehead atoms. The van der Waals surface area contributed by atoms with Crippen LogP contribution in [0.3, 0.4) is 0 Å². The molecule has 0 N–H and O–H groups in total. The normalized spacial score (nSPS) is 18.1. The van der Waals surface area contributed by atoms with Crippen LogP contribution in [0.1, 0.15) is 54.7 Å². The van der Waals surface area contributed by atoms with E-state index in [1.807, 2.05) is 31.2 Å².